The summed E-state index contributed by atoms with van der Waals surface area (Å²) in [4.78, 5) is 12.5. The number of halogens is 1. The highest BCUT2D eigenvalue weighted by Gasteiger charge is 2.14. The first-order valence-corrected chi connectivity index (χ1v) is 8.24. The van der Waals surface area contributed by atoms with Gasteiger partial charge in [0, 0.05) is 23.5 Å². The van der Waals surface area contributed by atoms with Crippen LogP contribution in [-0.4, -0.2) is 12.5 Å². The average Bonchev–Trinajstić information content (AvgIpc) is 2.55. The highest BCUT2D eigenvalue weighted by atomic mass is 32.1. The second-order valence-corrected chi connectivity index (χ2v) is 6.17. The zero-order valence-electron chi connectivity index (χ0n) is 13.8. The Balaban J connectivity index is 2.15. The van der Waals surface area contributed by atoms with Gasteiger partial charge in [-0.1, -0.05) is 31.9 Å². The molecule has 2 aromatic rings. The largest absolute Gasteiger partial charge is 0.399 e. The lowest BCUT2D eigenvalue weighted by Crippen LogP contribution is -2.27. The summed E-state index contributed by atoms with van der Waals surface area (Å²) in [6.45, 7) is 4.65. The summed E-state index contributed by atoms with van der Waals surface area (Å²) in [6.07, 6.45) is 0.932. The molecule has 0 bridgehead atoms. The number of nitrogens with two attached hydrogens (primary N) is 1. The molecule has 4 nitrogen and oxygen atoms in total. The summed E-state index contributed by atoms with van der Waals surface area (Å²) >= 11 is 4.41. The fraction of sp³-hybridized carbons (Fsp3) is 0.278. The molecule has 128 valence electrons. The number of carbonyl (C=O) groups excluding carboxylic acids is 1. The van der Waals surface area contributed by atoms with Crippen LogP contribution in [0.15, 0.2) is 42.5 Å². The topological polar surface area (TPSA) is 58.4 Å². The molecule has 0 aromatic heterocycles. The van der Waals surface area contributed by atoms with Gasteiger partial charge in [-0.3, -0.25) is 4.79 Å². The Morgan fingerprint density at radius 2 is 1.96 bits per heavy atom. The first-order valence-electron chi connectivity index (χ1n) is 7.84. The molecule has 0 radical (unpaired) electrons. The van der Waals surface area contributed by atoms with Crippen molar-refractivity contribution in [1.29, 1.82) is 0 Å². The number of rotatable bonds is 6. The van der Waals surface area contributed by atoms with Crippen LogP contribution in [0.2, 0.25) is 0 Å². The molecule has 0 aliphatic rings. The first-order chi connectivity index (χ1) is 11.4. The minimum atomic E-state index is -0.303. The molecular formula is C18H22FN3OS. The molecule has 0 saturated carbocycles. The van der Waals surface area contributed by atoms with Crippen LogP contribution < -0.4 is 15.4 Å². The third-order valence-electron chi connectivity index (χ3n) is 3.65. The number of hydrogen-bond donors (Lipinski definition) is 3. The Hall–Kier alpha value is -2.21. The van der Waals surface area contributed by atoms with Crippen LogP contribution in [0.4, 0.5) is 15.8 Å². The lowest BCUT2D eigenvalue weighted by atomic mass is 10.1. The predicted octanol–water partition coefficient (Wildman–Crippen LogP) is 3.96. The predicted molar refractivity (Wildman–Crippen MR) is 99.8 cm³/mol. The lowest BCUT2D eigenvalue weighted by molar-refractivity contribution is 0.0940. The van der Waals surface area contributed by atoms with Crippen molar-refractivity contribution >= 4 is 30.1 Å². The van der Waals surface area contributed by atoms with E-state index in [1.807, 2.05) is 13.8 Å². The first kappa shape index (κ1) is 18.1. The van der Waals surface area contributed by atoms with Crippen LogP contribution in [0.1, 0.15) is 42.2 Å². The average molecular weight is 347 g/mol. The number of nitrogens with zero attached hydrogens (tertiary/aromatic N) is 1. The SMILES string of the molecule is CCCN(S)c1cc(N)cc(C(=O)N[C@H](C)c2ccc(F)cc2)c1. The second kappa shape index (κ2) is 8.06. The van der Waals surface area contributed by atoms with Crippen LogP contribution >= 0.6 is 12.8 Å². The molecule has 2 rings (SSSR count). The van der Waals surface area contributed by atoms with Gasteiger partial charge in [-0.15, -0.1) is 0 Å². The fourth-order valence-electron chi connectivity index (χ4n) is 2.37. The Morgan fingerprint density at radius 1 is 1.29 bits per heavy atom. The summed E-state index contributed by atoms with van der Waals surface area (Å²) in [7, 11) is 0. The zero-order valence-corrected chi connectivity index (χ0v) is 14.7. The number of benzene rings is 2. The Morgan fingerprint density at radius 3 is 2.58 bits per heavy atom. The van der Waals surface area contributed by atoms with Gasteiger partial charge in [0.1, 0.15) is 5.82 Å². The van der Waals surface area contributed by atoms with Crippen molar-refractivity contribution in [2.24, 2.45) is 0 Å². The maximum Gasteiger partial charge on any atom is 0.251 e. The second-order valence-electron chi connectivity index (χ2n) is 5.68. The highest BCUT2D eigenvalue weighted by molar-refractivity contribution is 7.81. The maximum absolute atomic E-state index is 13.0. The number of nitrogen functional groups attached to an aromatic ring is 1. The van der Waals surface area contributed by atoms with Gasteiger partial charge < -0.3 is 15.4 Å². The molecule has 6 heteroatoms. The molecular weight excluding hydrogens is 325 g/mol. The molecule has 3 N–H and O–H groups in total. The van der Waals surface area contributed by atoms with Crippen LogP contribution in [0.25, 0.3) is 0 Å². The number of hydrogen-bond acceptors (Lipinski definition) is 4. The summed E-state index contributed by atoms with van der Waals surface area (Å²) in [6, 6.07) is 11.0. The van der Waals surface area contributed by atoms with Gasteiger partial charge >= 0.3 is 0 Å². The Kier molecular flexibility index (Phi) is 6.09. The van der Waals surface area contributed by atoms with Gasteiger partial charge in [0.2, 0.25) is 0 Å². The summed E-state index contributed by atoms with van der Waals surface area (Å²) in [5, 5.41) is 2.90. The zero-order chi connectivity index (χ0) is 17.7. The Bertz CT molecular complexity index is 706. The number of carbonyl (C=O) groups is 1. The van der Waals surface area contributed by atoms with Crippen molar-refractivity contribution < 1.29 is 9.18 Å². The van der Waals surface area contributed by atoms with Crippen molar-refractivity contribution in [3.63, 3.8) is 0 Å². The quantitative estimate of drug-likeness (QED) is 0.548. The van der Waals surface area contributed by atoms with Gasteiger partial charge in [0.25, 0.3) is 5.91 Å². The van der Waals surface area contributed by atoms with Gasteiger partial charge in [-0.25, -0.2) is 4.39 Å². The fourth-order valence-corrected chi connectivity index (χ4v) is 2.69. The van der Waals surface area contributed by atoms with E-state index in [0.29, 0.717) is 11.3 Å². The number of amides is 1. The van der Waals surface area contributed by atoms with Crippen LogP contribution in [-0.2, 0) is 0 Å². The molecule has 2 aromatic carbocycles. The third-order valence-corrected chi connectivity index (χ3v) is 4.08. The molecule has 0 aliphatic carbocycles. The minimum absolute atomic E-state index is 0.237. The molecule has 0 heterocycles. The van der Waals surface area contributed by atoms with E-state index in [1.165, 1.54) is 12.1 Å². The van der Waals surface area contributed by atoms with Crippen molar-refractivity contribution in [2.75, 3.05) is 16.6 Å². The third kappa shape index (κ3) is 4.64. The Labute approximate surface area is 147 Å². The van der Waals surface area contributed by atoms with Gasteiger partial charge in [0.05, 0.1) is 6.04 Å². The minimum Gasteiger partial charge on any atom is -0.399 e. The van der Waals surface area contributed by atoms with Crippen LogP contribution in [0.5, 0.6) is 0 Å². The van der Waals surface area contributed by atoms with Gasteiger partial charge in [-0.2, -0.15) is 0 Å². The smallest absolute Gasteiger partial charge is 0.251 e. The van der Waals surface area contributed by atoms with Gasteiger partial charge in [0.15, 0.2) is 0 Å². The van der Waals surface area contributed by atoms with E-state index in [2.05, 4.69) is 18.1 Å². The summed E-state index contributed by atoms with van der Waals surface area (Å²) in [5.41, 5.74) is 8.48. The molecule has 0 saturated heterocycles. The van der Waals surface area contributed by atoms with E-state index in [1.54, 1.807) is 34.6 Å². The normalized spacial score (nSPS) is 11.8. The monoisotopic (exact) mass is 347 g/mol. The van der Waals surface area contributed by atoms with Crippen molar-refractivity contribution in [3.05, 3.63) is 59.4 Å². The standard InChI is InChI=1S/C18H22FN3OS/c1-3-8-22(24)17-10-14(9-16(20)11-17)18(23)21-12(2)13-4-6-15(19)7-5-13/h4-7,9-12,24H,3,8,20H2,1-2H3,(H,21,23)/t12-/m1/s1. The number of anilines is 2. The van der Waals surface area contributed by atoms with Crippen molar-refractivity contribution in [2.45, 2.75) is 26.3 Å². The summed E-state index contributed by atoms with van der Waals surface area (Å²) in [5.74, 6) is -0.541. The molecule has 0 spiro atoms. The maximum atomic E-state index is 13.0. The van der Waals surface area contributed by atoms with E-state index in [9.17, 15) is 9.18 Å². The van der Waals surface area contributed by atoms with Crippen molar-refractivity contribution in [3.8, 4) is 0 Å². The molecule has 24 heavy (non-hydrogen) atoms. The molecule has 1 atom stereocenters. The van der Waals surface area contributed by atoms with Crippen LogP contribution in [0.3, 0.4) is 0 Å². The van der Waals surface area contributed by atoms with Crippen LogP contribution in [0, 0.1) is 5.82 Å². The van der Waals surface area contributed by atoms with E-state index in [-0.39, 0.29) is 17.8 Å². The number of thiol groups is 1. The van der Waals surface area contributed by atoms with E-state index in [0.717, 1.165) is 24.2 Å². The van der Waals surface area contributed by atoms with E-state index < -0.39 is 0 Å². The lowest BCUT2D eigenvalue weighted by Gasteiger charge is -2.19. The van der Waals surface area contributed by atoms with Crippen molar-refractivity contribution in [1.82, 2.24) is 5.32 Å². The molecule has 1 amide bonds. The summed E-state index contributed by atoms with van der Waals surface area (Å²) < 4.78 is 14.8. The molecule has 0 fully saturated rings. The highest BCUT2D eigenvalue weighted by Crippen LogP contribution is 2.23. The molecule has 0 unspecified atom stereocenters. The molecule has 0 aliphatic heterocycles. The number of nitrogens with one attached hydrogen (secondary N) is 1. The van der Waals surface area contributed by atoms with E-state index in [4.69, 9.17) is 5.73 Å². The van der Waals surface area contributed by atoms with Gasteiger partial charge in [-0.05, 0) is 49.2 Å². The van der Waals surface area contributed by atoms with E-state index >= 15 is 0 Å².